The Morgan fingerprint density at radius 1 is 1.26 bits per heavy atom. The van der Waals surface area contributed by atoms with Crippen LogP contribution in [0.4, 0.5) is 5.69 Å². The summed E-state index contributed by atoms with van der Waals surface area (Å²) in [5.74, 6) is 1.69. The Bertz CT molecular complexity index is 947. The Kier molecular flexibility index (Phi) is 5.26. The van der Waals surface area contributed by atoms with Crippen molar-refractivity contribution in [2.24, 2.45) is 5.73 Å². The average Bonchev–Trinajstić information content (AvgIpc) is 3.24. The van der Waals surface area contributed by atoms with Crippen molar-refractivity contribution in [3.05, 3.63) is 46.2 Å². The molecule has 0 bridgehead atoms. The Morgan fingerprint density at radius 3 is 3.07 bits per heavy atom. The molecule has 4 rings (SSSR count). The molecule has 0 saturated carbocycles. The maximum atomic E-state index is 12.5. The summed E-state index contributed by atoms with van der Waals surface area (Å²) in [5.41, 5.74) is 7.64. The van der Waals surface area contributed by atoms with E-state index >= 15 is 0 Å². The number of aryl methyl sites for hydroxylation is 1. The van der Waals surface area contributed by atoms with Gasteiger partial charge in [0.15, 0.2) is 5.82 Å². The zero-order chi connectivity index (χ0) is 18.6. The molecule has 0 spiro atoms. The van der Waals surface area contributed by atoms with E-state index in [9.17, 15) is 4.79 Å². The topological polar surface area (TPSA) is 98.7 Å². The molecular formula is C19H22N6OS. The van der Waals surface area contributed by atoms with Crippen molar-refractivity contribution < 1.29 is 4.79 Å². The molecule has 1 aliphatic rings. The molecule has 0 unspecified atom stereocenters. The SMILES string of the molecule is NCCc1nc(C(=O)Nc2cccc(-c3nnc4n3CCCCC4)c2)cs1. The van der Waals surface area contributed by atoms with Crippen molar-refractivity contribution in [1.82, 2.24) is 19.7 Å². The number of amides is 1. The van der Waals surface area contributed by atoms with Gasteiger partial charge in [-0.05, 0) is 31.5 Å². The number of rotatable bonds is 5. The fourth-order valence-corrected chi connectivity index (χ4v) is 4.08. The number of benzene rings is 1. The van der Waals surface area contributed by atoms with E-state index in [1.807, 2.05) is 24.3 Å². The number of nitrogens with one attached hydrogen (secondary N) is 1. The standard InChI is InChI=1S/C19H22N6OS/c20-9-8-17-22-15(12-27-17)19(26)21-14-6-4-5-13(11-14)18-24-23-16-7-2-1-3-10-25(16)18/h4-6,11-12H,1-3,7-10,20H2,(H,21,26). The van der Waals surface area contributed by atoms with Crippen molar-refractivity contribution in [1.29, 1.82) is 0 Å². The second-order valence-corrected chi connectivity index (χ2v) is 7.54. The molecule has 2 aromatic heterocycles. The highest BCUT2D eigenvalue weighted by Crippen LogP contribution is 2.25. The lowest BCUT2D eigenvalue weighted by molar-refractivity contribution is 0.102. The first kappa shape index (κ1) is 17.8. The second-order valence-electron chi connectivity index (χ2n) is 6.60. The number of hydrogen-bond acceptors (Lipinski definition) is 6. The quantitative estimate of drug-likeness (QED) is 0.707. The highest BCUT2D eigenvalue weighted by atomic mass is 32.1. The second kappa shape index (κ2) is 7.98. The normalized spacial score (nSPS) is 13.8. The predicted octanol–water partition coefficient (Wildman–Crippen LogP) is 2.88. The molecule has 0 aliphatic carbocycles. The van der Waals surface area contributed by atoms with Crippen molar-refractivity contribution in [2.75, 3.05) is 11.9 Å². The number of thiazole rings is 1. The molecule has 1 amide bonds. The summed E-state index contributed by atoms with van der Waals surface area (Å²) in [4.78, 5) is 16.8. The summed E-state index contributed by atoms with van der Waals surface area (Å²) >= 11 is 1.46. The minimum Gasteiger partial charge on any atom is -0.330 e. The van der Waals surface area contributed by atoms with E-state index in [1.54, 1.807) is 5.38 Å². The molecule has 1 aromatic carbocycles. The smallest absolute Gasteiger partial charge is 0.275 e. The zero-order valence-corrected chi connectivity index (χ0v) is 15.8. The molecule has 7 nitrogen and oxygen atoms in total. The largest absolute Gasteiger partial charge is 0.330 e. The monoisotopic (exact) mass is 382 g/mol. The Labute approximate surface area is 161 Å². The van der Waals surface area contributed by atoms with E-state index in [1.165, 1.54) is 17.8 Å². The fraction of sp³-hybridized carbons (Fsp3) is 0.368. The summed E-state index contributed by atoms with van der Waals surface area (Å²) in [7, 11) is 0. The Hall–Kier alpha value is -2.58. The van der Waals surface area contributed by atoms with Crippen LogP contribution in [0.3, 0.4) is 0 Å². The van der Waals surface area contributed by atoms with Crippen molar-refractivity contribution in [2.45, 2.75) is 38.6 Å². The van der Waals surface area contributed by atoms with Crippen LogP contribution in [-0.2, 0) is 19.4 Å². The van der Waals surface area contributed by atoms with Crippen LogP contribution in [0.2, 0.25) is 0 Å². The molecule has 1 aliphatic heterocycles. The van der Waals surface area contributed by atoms with Gasteiger partial charge in [-0.1, -0.05) is 18.6 Å². The van der Waals surface area contributed by atoms with Crippen LogP contribution in [0.5, 0.6) is 0 Å². The van der Waals surface area contributed by atoms with Gasteiger partial charge in [-0.15, -0.1) is 21.5 Å². The molecule has 3 N–H and O–H groups in total. The molecule has 8 heteroatoms. The summed E-state index contributed by atoms with van der Waals surface area (Å²) in [6.07, 6.45) is 5.18. The van der Waals surface area contributed by atoms with E-state index in [4.69, 9.17) is 5.73 Å². The van der Waals surface area contributed by atoms with Crippen LogP contribution in [-0.4, -0.2) is 32.2 Å². The number of hydrogen-bond donors (Lipinski definition) is 2. The molecule has 0 fully saturated rings. The van der Waals surface area contributed by atoms with Gasteiger partial charge < -0.3 is 15.6 Å². The number of aromatic nitrogens is 4. The first-order valence-electron chi connectivity index (χ1n) is 9.23. The van der Waals surface area contributed by atoms with Crippen LogP contribution in [0.25, 0.3) is 11.4 Å². The van der Waals surface area contributed by atoms with Crippen molar-refractivity contribution in [3.8, 4) is 11.4 Å². The predicted molar refractivity (Wildman–Crippen MR) is 106 cm³/mol. The van der Waals surface area contributed by atoms with E-state index in [0.29, 0.717) is 18.7 Å². The van der Waals surface area contributed by atoms with E-state index in [2.05, 4.69) is 25.1 Å². The number of nitrogens with two attached hydrogens (primary N) is 1. The lowest BCUT2D eigenvalue weighted by Gasteiger charge is -2.09. The molecular weight excluding hydrogens is 360 g/mol. The zero-order valence-electron chi connectivity index (χ0n) is 15.0. The summed E-state index contributed by atoms with van der Waals surface area (Å²) in [6.45, 7) is 1.47. The number of carbonyl (C=O) groups is 1. The van der Waals surface area contributed by atoms with E-state index in [-0.39, 0.29) is 5.91 Å². The molecule has 3 heterocycles. The van der Waals surface area contributed by atoms with Gasteiger partial charge in [-0.3, -0.25) is 4.79 Å². The van der Waals surface area contributed by atoms with E-state index in [0.717, 1.165) is 53.7 Å². The number of fused-ring (bicyclic) bond motifs is 1. The van der Waals surface area contributed by atoms with Gasteiger partial charge in [-0.25, -0.2) is 4.98 Å². The minimum absolute atomic E-state index is 0.216. The lowest BCUT2D eigenvalue weighted by atomic mass is 10.2. The third-order valence-electron chi connectivity index (χ3n) is 4.63. The van der Waals surface area contributed by atoms with Gasteiger partial charge in [0.25, 0.3) is 5.91 Å². The van der Waals surface area contributed by atoms with Gasteiger partial charge in [-0.2, -0.15) is 0 Å². The summed E-state index contributed by atoms with van der Waals surface area (Å²) in [6, 6.07) is 7.73. The molecule has 0 saturated heterocycles. The molecule has 140 valence electrons. The summed E-state index contributed by atoms with van der Waals surface area (Å²) in [5, 5.41) is 14.3. The number of carbonyl (C=O) groups excluding carboxylic acids is 1. The van der Waals surface area contributed by atoms with Crippen LogP contribution >= 0.6 is 11.3 Å². The van der Waals surface area contributed by atoms with Gasteiger partial charge in [0.05, 0.1) is 5.01 Å². The highest BCUT2D eigenvalue weighted by molar-refractivity contribution is 7.09. The number of nitrogens with zero attached hydrogens (tertiary/aromatic N) is 4. The first-order valence-corrected chi connectivity index (χ1v) is 10.1. The average molecular weight is 382 g/mol. The third kappa shape index (κ3) is 3.91. The van der Waals surface area contributed by atoms with Crippen LogP contribution < -0.4 is 11.1 Å². The molecule has 27 heavy (non-hydrogen) atoms. The van der Waals surface area contributed by atoms with Crippen molar-refractivity contribution in [3.63, 3.8) is 0 Å². The molecule has 3 aromatic rings. The van der Waals surface area contributed by atoms with Crippen LogP contribution in [0.1, 0.15) is 40.6 Å². The molecule has 0 atom stereocenters. The van der Waals surface area contributed by atoms with Crippen LogP contribution in [0.15, 0.2) is 29.6 Å². The highest BCUT2D eigenvalue weighted by Gasteiger charge is 2.17. The van der Waals surface area contributed by atoms with Gasteiger partial charge in [0.1, 0.15) is 11.5 Å². The minimum atomic E-state index is -0.216. The lowest BCUT2D eigenvalue weighted by Crippen LogP contribution is -2.13. The Morgan fingerprint density at radius 2 is 2.19 bits per heavy atom. The summed E-state index contributed by atoms with van der Waals surface area (Å²) < 4.78 is 2.20. The van der Waals surface area contributed by atoms with Crippen molar-refractivity contribution >= 4 is 22.9 Å². The number of anilines is 1. The van der Waals surface area contributed by atoms with E-state index < -0.39 is 0 Å². The fourth-order valence-electron chi connectivity index (χ4n) is 3.28. The molecule has 0 radical (unpaired) electrons. The van der Waals surface area contributed by atoms with Gasteiger partial charge in [0, 0.05) is 36.0 Å². The van der Waals surface area contributed by atoms with Gasteiger partial charge in [0.2, 0.25) is 0 Å². The maximum Gasteiger partial charge on any atom is 0.275 e. The third-order valence-corrected chi connectivity index (χ3v) is 5.54. The van der Waals surface area contributed by atoms with Crippen LogP contribution in [0, 0.1) is 0 Å². The maximum absolute atomic E-state index is 12.5. The first-order chi connectivity index (χ1) is 13.2. The van der Waals surface area contributed by atoms with Gasteiger partial charge >= 0.3 is 0 Å². The Balaban J connectivity index is 1.54.